The molecule has 0 aliphatic carbocycles. The molecule has 1 radical (unpaired) electrons. The standard InChI is InChI=1S/C11H11N2O/c1-14-11-5-2-4-10(8-11)9-13-7-3-6-12-13/h2,4-8H,9H2,1H3. The van der Waals surface area contributed by atoms with Gasteiger partial charge < -0.3 is 4.74 Å². The van der Waals surface area contributed by atoms with Gasteiger partial charge in [-0.25, -0.2) is 0 Å². The second kappa shape index (κ2) is 3.96. The van der Waals surface area contributed by atoms with Gasteiger partial charge in [0.25, 0.3) is 0 Å². The van der Waals surface area contributed by atoms with Crippen LogP contribution in [-0.4, -0.2) is 16.9 Å². The third kappa shape index (κ3) is 1.93. The van der Waals surface area contributed by atoms with Crippen LogP contribution in [0.1, 0.15) is 5.56 Å². The Bertz CT molecular complexity index is 395. The summed E-state index contributed by atoms with van der Waals surface area (Å²) in [6.45, 7) is 0.751. The molecule has 0 amide bonds. The van der Waals surface area contributed by atoms with Gasteiger partial charge in [-0.2, -0.15) is 5.10 Å². The molecule has 0 unspecified atom stereocenters. The van der Waals surface area contributed by atoms with Crippen LogP contribution >= 0.6 is 0 Å². The van der Waals surface area contributed by atoms with Crippen molar-refractivity contribution >= 4 is 0 Å². The molecule has 0 saturated heterocycles. The highest BCUT2D eigenvalue weighted by atomic mass is 16.5. The summed E-state index contributed by atoms with van der Waals surface area (Å²) in [5, 5.41) is 4.09. The zero-order valence-electron chi connectivity index (χ0n) is 7.97. The van der Waals surface area contributed by atoms with Gasteiger partial charge in [-0.05, 0) is 17.7 Å². The van der Waals surface area contributed by atoms with E-state index in [9.17, 15) is 0 Å². The molecule has 0 aliphatic rings. The fourth-order valence-corrected chi connectivity index (χ4v) is 1.30. The van der Waals surface area contributed by atoms with Crippen molar-refractivity contribution < 1.29 is 4.74 Å². The van der Waals surface area contributed by atoms with E-state index >= 15 is 0 Å². The van der Waals surface area contributed by atoms with Gasteiger partial charge in [0.1, 0.15) is 5.75 Å². The lowest BCUT2D eigenvalue weighted by atomic mass is 10.2. The fourth-order valence-electron chi connectivity index (χ4n) is 1.30. The van der Waals surface area contributed by atoms with Crippen molar-refractivity contribution in [1.82, 2.24) is 9.78 Å². The molecule has 71 valence electrons. The molecule has 0 N–H and O–H groups in total. The van der Waals surface area contributed by atoms with Gasteiger partial charge in [-0.15, -0.1) is 0 Å². The first-order chi connectivity index (χ1) is 6.88. The summed E-state index contributed by atoms with van der Waals surface area (Å²) in [5.74, 6) is 0.874. The molecule has 1 heterocycles. The first-order valence-corrected chi connectivity index (χ1v) is 4.40. The predicted molar refractivity (Wildman–Crippen MR) is 53.2 cm³/mol. The Balaban J connectivity index is 2.17. The molecular formula is C11H11N2O. The Morgan fingerprint density at radius 2 is 2.43 bits per heavy atom. The van der Waals surface area contributed by atoms with Gasteiger partial charge in [0, 0.05) is 12.3 Å². The third-order valence-corrected chi connectivity index (χ3v) is 1.98. The highest BCUT2D eigenvalue weighted by Crippen LogP contribution is 2.12. The molecule has 0 atom stereocenters. The summed E-state index contributed by atoms with van der Waals surface area (Å²) < 4.78 is 6.96. The van der Waals surface area contributed by atoms with Crippen molar-refractivity contribution in [3.05, 3.63) is 48.3 Å². The molecule has 0 saturated carbocycles. The van der Waals surface area contributed by atoms with Gasteiger partial charge in [0.05, 0.1) is 19.9 Å². The van der Waals surface area contributed by atoms with Gasteiger partial charge >= 0.3 is 0 Å². The minimum absolute atomic E-state index is 0.751. The highest BCUT2D eigenvalue weighted by Gasteiger charge is 1.96. The maximum atomic E-state index is 5.14. The maximum Gasteiger partial charge on any atom is 0.119 e. The second-order valence-electron chi connectivity index (χ2n) is 2.99. The van der Waals surface area contributed by atoms with Crippen molar-refractivity contribution in [3.63, 3.8) is 0 Å². The Morgan fingerprint density at radius 3 is 3.14 bits per heavy atom. The summed E-state index contributed by atoms with van der Waals surface area (Å²) in [5.41, 5.74) is 1.17. The Morgan fingerprint density at radius 1 is 1.50 bits per heavy atom. The largest absolute Gasteiger partial charge is 0.497 e. The SMILES string of the molecule is COc1cccc(Cn2c[c]cn2)c1. The monoisotopic (exact) mass is 187 g/mol. The van der Waals surface area contributed by atoms with Gasteiger partial charge in [0.15, 0.2) is 0 Å². The Hall–Kier alpha value is -1.77. The molecule has 2 aromatic rings. The topological polar surface area (TPSA) is 27.1 Å². The molecule has 3 heteroatoms. The maximum absolute atomic E-state index is 5.14. The summed E-state index contributed by atoms with van der Waals surface area (Å²) in [4.78, 5) is 0. The molecule has 0 aliphatic heterocycles. The van der Waals surface area contributed by atoms with Crippen LogP contribution in [0.3, 0.4) is 0 Å². The van der Waals surface area contributed by atoms with E-state index < -0.39 is 0 Å². The average Bonchev–Trinajstić information content (AvgIpc) is 2.71. The van der Waals surface area contributed by atoms with Crippen LogP contribution in [0.25, 0.3) is 0 Å². The first-order valence-electron chi connectivity index (χ1n) is 4.40. The van der Waals surface area contributed by atoms with Crippen molar-refractivity contribution in [2.75, 3.05) is 7.11 Å². The fraction of sp³-hybridized carbons (Fsp3) is 0.182. The summed E-state index contributed by atoms with van der Waals surface area (Å²) in [7, 11) is 1.67. The summed E-state index contributed by atoms with van der Waals surface area (Å²) in [6, 6.07) is 10.8. The van der Waals surface area contributed by atoms with Crippen molar-refractivity contribution in [2.45, 2.75) is 6.54 Å². The van der Waals surface area contributed by atoms with E-state index in [1.807, 2.05) is 35.1 Å². The third-order valence-electron chi connectivity index (χ3n) is 1.98. The lowest BCUT2D eigenvalue weighted by Crippen LogP contribution is -1.99. The van der Waals surface area contributed by atoms with Gasteiger partial charge in [0.2, 0.25) is 0 Å². The lowest BCUT2D eigenvalue weighted by molar-refractivity contribution is 0.414. The minimum Gasteiger partial charge on any atom is -0.497 e. The number of rotatable bonds is 3. The second-order valence-corrected chi connectivity index (χ2v) is 2.99. The van der Waals surface area contributed by atoms with Crippen LogP contribution in [-0.2, 0) is 6.54 Å². The molecule has 3 nitrogen and oxygen atoms in total. The van der Waals surface area contributed by atoms with E-state index in [-0.39, 0.29) is 0 Å². The molecule has 2 rings (SSSR count). The van der Waals surface area contributed by atoms with Crippen LogP contribution < -0.4 is 4.74 Å². The van der Waals surface area contributed by atoms with Crippen molar-refractivity contribution in [3.8, 4) is 5.75 Å². The van der Waals surface area contributed by atoms with E-state index in [0.717, 1.165) is 12.3 Å². The molecule has 1 aromatic heterocycles. The van der Waals surface area contributed by atoms with Crippen LogP contribution in [0.15, 0.2) is 36.7 Å². The lowest BCUT2D eigenvalue weighted by Gasteiger charge is -2.04. The van der Waals surface area contributed by atoms with Crippen LogP contribution in [0.2, 0.25) is 0 Å². The predicted octanol–water partition coefficient (Wildman–Crippen LogP) is 1.74. The van der Waals surface area contributed by atoms with Crippen LogP contribution in [0, 0.1) is 6.07 Å². The molecule has 0 spiro atoms. The number of ether oxygens (including phenoxy) is 1. The quantitative estimate of drug-likeness (QED) is 0.731. The number of methoxy groups -OCH3 is 1. The average molecular weight is 187 g/mol. The first kappa shape index (κ1) is 8.81. The number of nitrogens with zero attached hydrogens (tertiary/aromatic N) is 2. The number of hydrogen-bond acceptors (Lipinski definition) is 2. The van der Waals surface area contributed by atoms with Crippen LogP contribution in [0.4, 0.5) is 0 Å². The smallest absolute Gasteiger partial charge is 0.119 e. The van der Waals surface area contributed by atoms with E-state index in [1.54, 1.807) is 13.3 Å². The van der Waals surface area contributed by atoms with E-state index in [2.05, 4.69) is 11.2 Å². The van der Waals surface area contributed by atoms with Crippen molar-refractivity contribution in [1.29, 1.82) is 0 Å². The molecule has 1 aromatic carbocycles. The Labute approximate surface area is 82.9 Å². The summed E-state index contributed by atoms with van der Waals surface area (Å²) >= 11 is 0. The zero-order chi connectivity index (χ0) is 9.80. The zero-order valence-corrected chi connectivity index (χ0v) is 7.97. The molecule has 14 heavy (non-hydrogen) atoms. The normalized spacial score (nSPS) is 10.1. The molecule has 0 bridgehead atoms. The number of benzene rings is 1. The van der Waals surface area contributed by atoms with E-state index in [1.165, 1.54) is 5.56 Å². The molecular weight excluding hydrogens is 176 g/mol. The Kier molecular flexibility index (Phi) is 2.49. The minimum atomic E-state index is 0.751. The van der Waals surface area contributed by atoms with Gasteiger partial charge in [-0.3, -0.25) is 4.68 Å². The molecule has 0 fully saturated rings. The summed E-state index contributed by atoms with van der Waals surface area (Å²) in [6.07, 6.45) is 3.47. The van der Waals surface area contributed by atoms with E-state index in [4.69, 9.17) is 4.74 Å². The van der Waals surface area contributed by atoms with Crippen molar-refractivity contribution in [2.24, 2.45) is 0 Å². The van der Waals surface area contributed by atoms with E-state index in [0.29, 0.717) is 0 Å². The highest BCUT2D eigenvalue weighted by molar-refractivity contribution is 5.28. The number of aromatic nitrogens is 2. The number of hydrogen-bond donors (Lipinski definition) is 0. The van der Waals surface area contributed by atoms with Crippen LogP contribution in [0.5, 0.6) is 5.75 Å². The van der Waals surface area contributed by atoms with Gasteiger partial charge in [-0.1, -0.05) is 12.1 Å².